The van der Waals surface area contributed by atoms with Crippen molar-refractivity contribution < 1.29 is 19.1 Å². The summed E-state index contributed by atoms with van der Waals surface area (Å²) < 4.78 is 12.7. The maximum Gasteiger partial charge on any atom is 0.338 e. The summed E-state index contributed by atoms with van der Waals surface area (Å²) in [5, 5.41) is 10.4. The van der Waals surface area contributed by atoms with Gasteiger partial charge in [-0.25, -0.2) is 14.3 Å². The molecule has 1 atom stereocenters. The molecule has 0 fully saturated rings. The molecule has 4 rings (SSSR count). The van der Waals surface area contributed by atoms with Crippen LogP contribution in [0.15, 0.2) is 66.0 Å². The molecular formula is C26H28N4O4. The van der Waals surface area contributed by atoms with Gasteiger partial charge in [-0.15, -0.1) is 0 Å². The molecule has 0 bridgehead atoms. The molecule has 0 saturated heterocycles. The van der Waals surface area contributed by atoms with Crippen molar-refractivity contribution in [2.45, 2.75) is 39.8 Å². The lowest BCUT2D eigenvalue weighted by Crippen LogP contribution is -2.45. The number of nitrogens with zero attached hydrogens (tertiary/aromatic N) is 2. The molecule has 2 heterocycles. The van der Waals surface area contributed by atoms with Gasteiger partial charge in [0.2, 0.25) is 0 Å². The molecule has 8 nitrogen and oxygen atoms in total. The van der Waals surface area contributed by atoms with E-state index in [-0.39, 0.29) is 6.10 Å². The minimum atomic E-state index is -0.741. The number of allylic oxidation sites excluding steroid dienone is 1. The number of rotatable bonds is 6. The average Bonchev–Trinajstić information content (AvgIpc) is 3.24. The van der Waals surface area contributed by atoms with Crippen LogP contribution < -0.4 is 15.4 Å². The van der Waals surface area contributed by atoms with Crippen LogP contribution in [0.2, 0.25) is 0 Å². The van der Waals surface area contributed by atoms with E-state index in [0.717, 1.165) is 22.6 Å². The number of para-hydroxylation sites is 1. The second kappa shape index (κ2) is 9.43. The highest BCUT2D eigenvalue weighted by atomic mass is 16.5. The van der Waals surface area contributed by atoms with E-state index in [9.17, 15) is 9.59 Å². The van der Waals surface area contributed by atoms with Crippen LogP contribution in [0.1, 0.15) is 37.9 Å². The Bertz CT molecular complexity index is 1260. The third-order valence-electron chi connectivity index (χ3n) is 5.57. The molecule has 0 spiro atoms. The first-order valence-corrected chi connectivity index (χ1v) is 11.1. The quantitative estimate of drug-likeness (QED) is 0.531. The fourth-order valence-electron chi connectivity index (χ4n) is 4.04. The molecule has 1 aliphatic heterocycles. The van der Waals surface area contributed by atoms with Crippen molar-refractivity contribution in [3.8, 4) is 22.7 Å². The number of carbonyl (C=O) groups is 2. The SMILES string of the molecule is COc1ccc(-c2nn(-c3ccccc3)cc2C2NC(=O)NC(C)=C2C(=O)OC(C)C)cc1C. The summed E-state index contributed by atoms with van der Waals surface area (Å²) in [6.07, 6.45) is 1.54. The lowest BCUT2D eigenvalue weighted by Gasteiger charge is -2.28. The molecule has 1 unspecified atom stereocenters. The Morgan fingerprint density at radius 2 is 1.85 bits per heavy atom. The van der Waals surface area contributed by atoms with Crippen LogP contribution in [0, 0.1) is 6.92 Å². The Morgan fingerprint density at radius 1 is 1.12 bits per heavy atom. The van der Waals surface area contributed by atoms with Gasteiger partial charge in [-0.3, -0.25) is 0 Å². The first-order valence-electron chi connectivity index (χ1n) is 11.1. The van der Waals surface area contributed by atoms with Gasteiger partial charge in [0.1, 0.15) is 5.75 Å². The summed E-state index contributed by atoms with van der Waals surface area (Å²) in [7, 11) is 1.63. The Balaban J connectivity index is 1.90. The number of nitrogens with one attached hydrogen (secondary N) is 2. The number of hydrogen-bond donors (Lipinski definition) is 2. The molecular weight excluding hydrogens is 432 g/mol. The van der Waals surface area contributed by atoms with Gasteiger partial charge in [0.25, 0.3) is 0 Å². The number of aryl methyl sites for hydroxylation is 1. The minimum absolute atomic E-state index is 0.304. The van der Waals surface area contributed by atoms with Gasteiger partial charge in [-0.2, -0.15) is 5.10 Å². The van der Waals surface area contributed by atoms with Crippen molar-refractivity contribution >= 4 is 12.0 Å². The Morgan fingerprint density at radius 3 is 2.50 bits per heavy atom. The zero-order valence-electron chi connectivity index (χ0n) is 19.9. The van der Waals surface area contributed by atoms with Crippen LogP contribution in [0.3, 0.4) is 0 Å². The molecule has 1 aliphatic rings. The number of benzene rings is 2. The Labute approximate surface area is 198 Å². The molecule has 2 N–H and O–H groups in total. The normalized spacial score (nSPS) is 15.7. The zero-order chi connectivity index (χ0) is 24.4. The van der Waals surface area contributed by atoms with Crippen molar-refractivity contribution in [2.24, 2.45) is 0 Å². The second-order valence-corrected chi connectivity index (χ2v) is 8.42. The number of amides is 2. The lowest BCUT2D eigenvalue weighted by molar-refractivity contribution is -0.143. The predicted octanol–water partition coefficient (Wildman–Crippen LogP) is 4.44. The molecule has 1 aromatic heterocycles. The van der Waals surface area contributed by atoms with E-state index in [1.807, 2.05) is 61.7 Å². The van der Waals surface area contributed by atoms with Gasteiger partial charge in [-0.05, 0) is 63.6 Å². The summed E-state index contributed by atoms with van der Waals surface area (Å²) in [6.45, 7) is 7.23. The molecule has 0 saturated carbocycles. The van der Waals surface area contributed by atoms with Crippen molar-refractivity contribution in [2.75, 3.05) is 7.11 Å². The Hall–Kier alpha value is -4.07. The average molecular weight is 461 g/mol. The first kappa shape index (κ1) is 23.1. The smallest absolute Gasteiger partial charge is 0.338 e. The number of aromatic nitrogens is 2. The van der Waals surface area contributed by atoms with Crippen molar-refractivity contribution in [3.63, 3.8) is 0 Å². The third kappa shape index (κ3) is 4.52. The topological polar surface area (TPSA) is 94.5 Å². The largest absolute Gasteiger partial charge is 0.496 e. The highest BCUT2D eigenvalue weighted by molar-refractivity contribution is 5.95. The molecule has 34 heavy (non-hydrogen) atoms. The predicted molar refractivity (Wildman–Crippen MR) is 129 cm³/mol. The number of urea groups is 1. The standard InChI is InChI=1S/C26H28N4O4/c1-15(2)34-25(31)22-17(4)27-26(32)28-24(22)20-14-30(19-9-7-6-8-10-19)29-23(20)18-11-12-21(33-5)16(3)13-18/h6-15,24H,1-5H3,(H2,27,28,32). The van der Waals surface area contributed by atoms with Gasteiger partial charge < -0.3 is 20.1 Å². The van der Waals surface area contributed by atoms with Gasteiger partial charge >= 0.3 is 12.0 Å². The van der Waals surface area contributed by atoms with Gasteiger partial charge in [0.15, 0.2) is 0 Å². The van der Waals surface area contributed by atoms with E-state index in [2.05, 4.69) is 10.6 Å². The summed E-state index contributed by atoms with van der Waals surface area (Å²) in [5.74, 6) is 0.272. The lowest BCUT2D eigenvalue weighted by atomic mass is 9.93. The number of methoxy groups -OCH3 is 1. The van der Waals surface area contributed by atoms with E-state index in [1.165, 1.54) is 0 Å². The van der Waals surface area contributed by atoms with Gasteiger partial charge in [0.05, 0.1) is 36.2 Å². The molecule has 2 amide bonds. The monoisotopic (exact) mass is 460 g/mol. The van der Waals surface area contributed by atoms with Crippen molar-refractivity contribution in [1.82, 2.24) is 20.4 Å². The fraction of sp³-hybridized carbons (Fsp3) is 0.269. The van der Waals surface area contributed by atoms with E-state index < -0.39 is 18.0 Å². The van der Waals surface area contributed by atoms with Crippen LogP contribution >= 0.6 is 0 Å². The molecule has 176 valence electrons. The maximum atomic E-state index is 13.1. The summed E-state index contributed by atoms with van der Waals surface area (Å²) in [6, 6.07) is 14.3. The van der Waals surface area contributed by atoms with Crippen LogP contribution in [0.5, 0.6) is 5.75 Å². The zero-order valence-corrected chi connectivity index (χ0v) is 19.9. The number of hydrogen-bond acceptors (Lipinski definition) is 5. The van der Waals surface area contributed by atoms with Crippen molar-refractivity contribution in [1.29, 1.82) is 0 Å². The minimum Gasteiger partial charge on any atom is -0.496 e. The van der Waals surface area contributed by atoms with E-state index in [1.54, 1.807) is 32.6 Å². The molecule has 0 radical (unpaired) electrons. The van der Waals surface area contributed by atoms with Gasteiger partial charge in [-0.1, -0.05) is 18.2 Å². The van der Waals surface area contributed by atoms with E-state index in [0.29, 0.717) is 22.5 Å². The number of esters is 1. The summed E-state index contributed by atoms with van der Waals surface area (Å²) >= 11 is 0. The van der Waals surface area contributed by atoms with Gasteiger partial charge in [0, 0.05) is 23.0 Å². The summed E-state index contributed by atoms with van der Waals surface area (Å²) in [5.41, 5.74) is 4.75. The van der Waals surface area contributed by atoms with E-state index in [4.69, 9.17) is 14.6 Å². The number of ether oxygens (including phenoxy) is 2. The molecule has 3 aromatic rings. The van der Waals surface area contributed by atoms with Crippen LogP contribution in [0.25, 0.3) is 16.9 Å². The maximum absolute atomic E-state index is 13.1. The highest BCUT2D eigenvalue weighted by Gasteiger charge is 2.35. The van der Waals surface area contributed by atoms with Crippen LogP contribution in [-0.4, -0.2) is 35.0 Å². The molecule has 2 aromatic carbocycles. The summed E-state index contributed by atoms with van der Waals surface area (Å²) in [4.78, 5) is 25.5. The van der Waals surface area contributed by atoms with Crippen molar-refractivity contribution in [3.05, 3.63) is 77.1 Å². The van der Waals surface area contributed by atoms with E-state index >= 15 is 0 Å². The third-order valence-corrected chi connectivity index (χ3v) is 5.57. The number of carbonyl (C=O) groups excluding carboxylic acids is 2. The molecule has 0 aliphatic carbocycles. The first-order chi connectivity index (χ1) is 16.3. The Kier molecular flexibility index (Phi) is 6.40. The highest BCUT2D eigenvalue weighted by Crippen LogP contribution is 2.36. The van der Waals surface area contributed by atoms with Crippen LogP contribution in [0.4, 0.5) is 4.79 Å². The second-order valence-electron chi connectivity index (χ2n) is 8.42. The van der Waals surface area contributed by atoms with Crippen LogP contribution in [-0.2, 0) is 9.53 Å². The molecule has 8 heteroatoms. The fourth-order valence-corrected chi connectivity index (χ4v) is 4.04.